The smallest absolute Gasteiger partial charge is 0.148 e. The van der Waals surface area contributed by atoms with E-state index in [1.165, 1.54) is 11.1 Å². The predicted octanol–water partition coefficient (Wildman–Crippen LogP) is 7.34. The molecule has 1 N–H and O–H groups in total. The average molecular weight is 479 g/mol. The largest absolute Gasteiger partial charge is 0.507 e. The summed E-state index contributed by atoms with van der Waals surface area (Å²) in [5, 5.41) is 10.8. The molecule has 1 aliphatic rings. The molecular weight excluding hydrogens is 444 g/mol. The number of nitrogens with zero attached hydrogens (tertiary/aromatic N) is 4. The molecule has 5 rings (SSSR count). The van der Waals surface area contributed by atoms with Crippen LogP contribution in [-0.4, -0.2) is 33.3 Å². The summed E-state index contributed by atoms with van der Waals surface area (Å²) in [6.45, 7) is 9.73. The van der Waals surface area contributed by atoms with Crippen molar-refractivity contribution in [2.24, 2.45) is 0 Å². The third-order valence-electron chi connectivity index (χ3n) is 6.78. The zero-order valence-corrected chi connectivity index (χ0v) is 21.7. The average Bonchev–Trinajstić information content (AvgIpc) is 3.50. The molecule has 0 bridgehead atoms. The minimum atomic E-state index is 0.225. The summed E-state index contributed by atoms with van der Waals surface area (Å²) < 4.78 is 2.19. The molecule has 0 atom stereocenters. The number of aromatic nitrogens is 2. The second-order valence-corrected chi connectivity index (χ2v) is 10.1. The highest BCUT2D eigenvalue weighted by Crippen LogP contribution is 2.38. The van der Waals surface area contributed by atoms with E-state index in [4.69, 9.17) is 4.98 Å². The Bertz CT molecular complexity index is 1390. The lowest BCUT2D eigenvalue weighted by Crippen LogP contribution is -2.21. The zero-order valence-electron chi connectivity index (χ0n) is 21.7. The molecule has 5 heteroatoms. The first-order chi connectivity index (χ1) is 17.3. The van der Waals surface area contributed by atoms with Crippen LogP contribution >= 0.6 is 0 Å². The van der Waals surface area contributed by atoms with Gasteiger partial charge < -0.3 is 14.9 Å². The molecule has 2 heterocycles. The van der Waals surface area contributed by atoms with Crippen molar-refractivity contribution < 1.29 is 5.11 Å². The highest BCUT2D eigenvalue weighted by molar-refractivity contribution is 5.74. The van der Waals surface area contributed by atoms with Crippen molar-refractivity contribution in [2.45, 2.75) is 39.5 Å². The SMILES string of the molecule is CC(C)c1cccc(C(C)C)c1-n1cc(-c2cccc(N3C=CN(C)C3)c2)nc1-c1ccccc1O. The number of phenols is 1. The van der Waals surface area contributed by atoms with Gasteiger partial charge in [-0.1, -0.05) is 70.2 Å². The molecular formula is C31H34N4O. The molecule has 0 saturated heterocycles. The molecule has 3 aromatic carbocycles. The van der Waals surface area contributed by atoms with Crippen LogP contribution in [0, 0.1) is 0 Å². The fourth-order valence-electron chi connectivity index (χ4n) is 4.87. The first kappa shape index (κ1) is 23.7. The van der Waals surface area contributed by atoms with Gasteiger partial charge in [0.25, 0.3) is 0 Å². The minimum Gasteiger partial charge on any atom is -0.507 e. The normalized spacial score (nSPS) is 13.4. The van der Waals surface area contributed by atoms with Gasteiger partial charge in [0.15, 0.2) is 0 Å². The molecule has 0 radical (unpaired) electrons. The van der Waals surface area contributed by atoms with Gasteiger partial charge in [0, 0.05) is 36.9 Å². The second-order valence-electron chi connectivity index (χ2n) is 10.1. The molecule has 5 nitrogen and oxygen atoms in total. The van der Waals surface area contributed by atoms with Gasteiger partial charge >= 0.3 is 0 Å². The molecule has 0 spiro atoms. The monoisotopic (exact) mass is 478 g/mol. The van der Waals surface area contributed by atoms with Crippen molar-refractivity contribution in [2.75, 3.05) is 18.6 Å². The van der Waals surface area contributed by atoms with E-state index in [1.54, 1.807) is 6.07 Å². The summed E-state index contributed by atoms with van der Waals surface area (Å²) in [6.07, 6.45) is 6.30. The molecule has 184 valence electrons. The van der Waals surface area contributed by atoms with Gasteiger partial charge in [-0.2, -0.15) is 0 Å². The summed E-state index contributed by atoms with van der Waals surface area (Å²) in [6, 6.07) is 22.5. The van der Waals surface area contributed by atoms with Crippen molar-refractivity contribution in [3.63, 3.8) is 0 Å². The van der Waals surface area contributed by atoms with E-state index in [-0.39, 0.29) is 5.75 Å². The van der Waals surface area contributed by atoms with Crippen molar-refractivity contribution in [1.82, 2.24) is 14.5 Å². The van der Waals surface area contributed by atoms with Crippen LogP contribution in [0.5, 0.6) is 5.75 Å². The maximum absolute atomic E-state index is 10.8. The van der Waals surface area contributed by atoms with Crippen LogP contribution < -0.4 is 4.90 Å². The Labute approximate surface area is 214 Å². The maximum atomic E-state index is 10.8. The van der Waals surface area contributed by atoms with Crippen LogP contribution in [0.1, 0.15) is 50.7 Å². The van der Waals surface area contributed by atoms with Gasteiger partial charge in [-0.05, 0) is 47.2 Å². The quantitative estimate of drug-likeness (QED) is 0.315. The summed E-state index contributed by atoms with van der Waals surface area (Å²) in [5.41, 5.74) is 7.44. The molecule has 0 saturated carbocycles. The second kappa shape index (κ2) is 9.57. The number of para-hydroxylation sites is 2. The molecule has 0 unspecified atom stereocenters. The van der Waals surface area contributed by atoms with E-state index >= 15 is 0 Å². The van der Waals surface area contributed by atoms with E-state index in [0.717, 1.165) is 40.7 Å². The first-order valence-corrected chi connectivity index (χ1v) is 12.6. The van der Waals surface area contributed by atoms with Gasteiger partial charge in [0.2, 0.25) is 0 Å². The molecule has 0 amide bonds. The Kier molecular flexibility index (Phi) is 6.31. The van der Waals surface area contributed by atoms with Crippen molar-refractivity contribution in [3.8, 4) is 34.1 Å². The summed E-state index contributed by atoms with van der Waals surface area (Å²) in [7, 11) is 2.07. The summed E-state index contributed by atoms with van der Waals surface area (Å²) in [5.74, 6) is 1.64. The van der Waals surface area contributed by atoms with Crippen molar-refractivity contribution in [3.05, 3.63) is 96.5 Å². The van der Waals surface area contributed by atoms with Crippen LogP contribution in [0.4, 0.5) is 5.69 Å². The molecule has 1 aliphatic heterocycles. The standard InChI is InChI=1S/C31H34N4O/c1-21(2)25-13-9-14-26(22(3)4)30(25)35-19-28(32-31(35)27-12-6-7-15-29(27)36)23-10-8-11-24(18-23)34-17-16-33(5)20-34/h6-19,21-22,36H,20H2,1-5H3. The van der Waals surface area contributed by atoms with Crippen LogP contribution in [-0.2, 0) is 0 Å². The third-order valence-corrected chi connectivity index (χ3v) is 6.78. The van der Waals surface area contributed by atoms with E-state index in [9.17, 15) is 5.11 Å². The Morgan fingerprint density at radius 3 is 2.17 bits per heavy atom. The number of benzene rings is 3. The Balaban J connectivity index is 1.73. The lowest BCUT2D eigenvalue weighted by molar-refractivity contribution is 0.477. The van der Waals surface area contributed by atoms with Gasteiger partial charge in [-0.25, -0.2) is 4.98 Å². The summed E-state index contributed by atoms with van der Waals surface area (Å²) >= 11 is 0. The highest BCUT2D eigenvalue weighted by atomic mass is 16.3. The van der Waals surface area contributed by atoms with Crippen LogP contribution in [0.3, 0.4) is 0 Å². The number of hydrogen-bond donors (Lipinski definition) is 1. The van der Waals surface area contributed by atoms with Crippen LogP contribution in [0.15, 0.2) is 85.3 Å². The molecule has 0 fully saturated rings. The summed E-state index contributed by atoms with van der Waals surface area (Å²) in [4.78, 5) is 9.49. The fraction of sp³-hybridized carbons (Fsp3) is 0.258. The molecule has 36 heavy (non-hydrogen) atoms. The van der Waals surface area contributed by atoms with Gasteiger partial charge in [0.05, 0.1) is 23.6 Å². The Hall–Kier alpha value is -3.99. The Morgan fingerprint density at radius 2 is 1.53 bits per heavy atom. The number of rotatable bonds is 6. The minimum absolute atomic E-state index is 0.225. The number of imidazole rings is 1. The lowest BCUT2D eigenvalue weighted by atomic mass is 9.92. The van der Waals surface area contributed by atoms with Crippen LogP contribution in [0.2, 0.25) is 0 Å². The van der Waals surface area contributed by atoms with Crippen LogP contribution in [0.25, 0.3) is 28.3 Å². The number of phenolic OH excluding ortho intramolecular Hbond substituents is 1. The molecule has 4 aromatic rings. The zero-order chi connectivity index (χ0) is 25.4. The van der Waals surface area contributed by atoms with E-state index in [1.807, 2.05) is 18.2 Å². The van der Waals surface area contributed by atoms with Gasteiger partial charge in [0.1, 0.15) is 11.6 Å². The maximum Gasteiger partial charge on any atom is 0.148 e. The lowest BCUT2D eigenvalue weighted by Gasteiger charge is -2.22. The fourth-order valence-corrected chi connectivity index (χ4v) is 4.87. The molecule has 1 aromatic heterocycles. The third kappa shape index (κ3) is 4.37. The van der Waals surface area contributed by atoms with Crippen molar-refractivity contribution in [1.29, 1.82) is 0 Å². The topological polar surface area (TPSA) is 44.5 Å². The van der Waals surface area contributed by atoms with E-state index in [2.05, 4.69) is 110 Å². The number of anilines is 1. The molecule has 0 aliphatic carbocycles. The van der Waals surface area contributed by atoms with E-state index < -0.39 is 0 Å². The Morgan fingerprint density at radius 1 is 0.833 bits per heavy atom. The van der Waals surface area contributed by atoms with E-state index in [0.29, 0.717) is 11.8 Å². The first-order valence-electron chi connectivity index (χ1n) is 12.6. The van der Waals surface area contributed by atoms with Gasteiger partial charge in [-0.15, -0.1) is 0 Å². The van der Waals surface area contributed by atoms with Crippen molar-refractivity contribution >= 4 is 5.69 Å². The number of aromatic hydroxyl groups is 1. The van der Waals surface area contributed by atoms with Gasteiger partial charge in [-0.3, -0.25) is 4.57 Å². The highest BCUT2D eigenvalue weighted by Gasteiger charge is 2.22. The number of hydrogen-bond acceptors (Lipinski definition) is 4. The predicted molar refractivity (Wildman–Crippen MR) is 149 cm³/mol.